The molecular formula is C20H28F2N2O4S. The van der Waals surface area contributed by atoms with E-state index in [2.05, 4.69) is 0 Å². The van der Waals surface area contributed by atoms with Gasteiger partial charge < -0.3 is 10.0 Å². The van der Waals surface area contributed by atoms with Gasteiger partial charge in [-0.2, -0.15) is 4.31 Å². The van der Waals surface area contributed by atoms with E-state index in [1.807, 2.05) is 18.7 Å². The van der Waals surface area contributed by atoms with Crippen LogP contribution in [-0.2, 0) is 14.8 Å². The van der Waals surface area contributed by atoms with Crippen molar-refractivity contribution < 1.29 is 27.1 Å². The number of carbonyl (C=O) groups is 1. The van der Waals surface area contributed by atoms with Crippen LogP contribution in [-0.4, -0.2) is 61.4 Å². The molecule has 2 fully saturated rings. The number of hydrogen-bond donors (Lipinski definition) is 1. The molecule has 0 aromatic heterocycles. The first-order valence-electron chi connectivity index (χ1n) is 10.00. The van der Waals surface area contributed by atoms with E-state index < -0.39 is 21.7 Å². The second-order valence-electron chi connectivity index (χ2n) is 8.32. The Morgan fingerprint density at radius 3 is 2.38 bits per heavy atom. The molecule has 0 aliphatic carbocycles. The molecule has 2 aliphatic rings. The Morgan fingerprint density at radius 2 is 1.83 bits per heavy atom. The molecule has 3 rings (SSSR count). The third-order valence-electron chi connectivity index (χ3n) is 6.17. The van der Waals surface area contributed by atoms with Gasteiger partial charge in [-0.1, -0.05) is 13.8 Å². The van der Waals surface area contributed by atoms with Gasteiger partial charge in [-0.15, -0.1) is 0 Å². The van der Waals surface area contributed by atoms with Crippen molar-refractivity contribution in [1.29, 1.82) is 0 Å². The zero-order valence-corrected chi connectivity index (χ0v) is 17.5. The Labute approximate surface area is 170 Å². The van der Waals surface area contributed by atoms with Gasteiger partial charge >= 0.3 is 0 Å². The molecule has 1 aromatic carbocycles. The molecule has 2 atom stereocenters. The maximum Gasteiger partial charge on any atom is 0.243 e. The van der Waals surface area contributed by atoms with E-state index in [1.54, 1.807) is 0 Å². The molecule has 0 spiro atoms. The zero-order valence-electron chi connectivity index (χ0n) is 16.7. The highest BCUT2D eigenvalue weighted by Gasteiger charge is 2.43. The fraction of sp³-hybridized carbons (Fsp3) is 0.650. The Bertz CT molecular complexity index is 854. The molecule has 0 saturated carbocycles. The zero-order chi connectivity index (χ0) is 21.3. The number of nitrogens with zero attached hydrogens (tertiary/aromatic N) is 2. The average molecular weight is 431 g/mol. The summed E-state index contributed by atoms with van der Waals surface area (Å²) >= 11 is 0. The number of likely N-dealkylation sites (tertiary alicyclic amines) is 1. The average Bonchev–Trinajstić information content (AvgIpc) is 3.14. The van der Waals surface area contributed by atoms with Gasteiger partial charge in [-0.25, -0.2) is 17.2 Å². The number of hydrogen-bond acceptors (Lipinski definition) is 4. The predicted octanol–water partition coefficient (Wildman–Crippen LogP) is 2.09. The highest BCUT2D eigenvalue weighted by Crippen LogP contribution is 2.38. The van der Waals surface area contributed by atoms with Crippen LogP contribution >= 0.6 is 0 Å². The first kappa shape index (κ1) is 22.1. The van der Waals surface area contributed by atoms with Crippen LogP contribution in [0.3, 0.4) is 0 Å². The lowest BCUT2D eigenvalue weighted by Gasteiger charge is -2.37. The Hall–Kier alpha value is -1.58. The number of aliphatic hydroxyl groups excluding tert-OH is 1. The minimum atomic E-state index is -3.98. The number of amides is 1. The molecule has 0 radical (unpaired) electrons. The third-order valence-corrected chi connectivity index (χ3v) is 8.00. The lowest BCUT2D eigenvalue weighted by molar-refractivity contribution is -0.136. The molecule has 1 amide bonds. The fourth-order valence-corrected chi connectivity index (χ4v) is 6.03. The predicted molar refractivity (Wildman–Crippen MR) is 103 cm³/mol. The maximum absolute atomic E-state index is 13.5. The van der Waals surface area contributed by atoms with Crippen molar-refractivity contribution in [1.82, 2.24) is 9.21 Å². The van der Waals surface area contributed by atoms with Crippen LogP contribution in [0.4, 0.5) is 8.78 Å². The van der Waals surface area contributed by atoms with E-state index in [0.29, 0.717) is 19.2 Å². The second kappa shape index (κ2) is 8.65. The van der Waals surface area contributed by atoms with Gasteiger partial charge in [0.2, 0.25) is 15.9 Å². The number of halogens is 2. The van der Waals surface area contributed by atoms with E-state index in [9.17, 15) is 27.1 Å². The van der Waals surface area contributed by atoms with Crippen LogP contribution in [0.1, 0.15) is 26.7 Å². The monoisotopic (exact) mass is 430 g/mol. The van der Waals surface area contributed by atoms with Gasteiger partial charge in [0.15, 0.2) is 11.6 Å². The number of carbonyl (C=O) groups excluding carboxylic acids is 1. The minimum absolute atomic E-state index is 0.0311. The minimum Gasteiger partial charge on any atom is -0.396 e. The summed E-state index contributed by atoms with van der Waals surface area (Å²) in [6.07, 6.45) is 1.53. The summed E-state index contributed by atoms with van der Waals surface area (Å²) in [6.45, 7) is 5.24. The molecule has 162 valence electrons. The van der Waals surface area contributed by atoms with Gasteiger partial charge in [-0.05, 0) is 42.9 Å². The Balaban J connectivity index is 1.71. The summed E-state index contributed by atoms with van der Waals surface area (Å²) in [5.74, 6) is -2.28. The number of aliphatic hydroxyl groups is 1. The summed E-state index contributed by atoms with van der Waals surface area (Å²) in [5.41, 5.74) is 0. The van der Waals surface area contributed by atoms with Crippen LogP contribution in [0.25, 0.3) is 0 Å². The van der Waals surface area contributed by atoms with Crippen molar-refractivity contribution in [3.8, 4) is 0 Å². The molecule has 2 heterocycles. The second-order valence-corrected chi connectivity index (χ2v) is 10.3. The molecule has 2 aliphatic heterocycles. The highest BCUT2D eigenvalue weighted by molar-refractivity contribution is 7.89. The lowest BCUT2D eigenvalue weighted by atomic mass is 9.78. The van der Waals surface area contributed by atoms with Gasteiger partial charge in [0, 0.05) is 44.6 Å². The maximum atomic E-state index is 13.5. The van der Waals surface area contributed by atoms with E-state index in [-0.39, 0.29) is 54.2 Å². The van der Waals surface area contributed by atoms with Crippen molar-refractivity contribution in [2.45, 2.75) is 31.6 Å². The van der Waals surface area contributed by atoms with Crippen molar-refractivity contribution in [2.24, 2.45) is 23.7 Å². The summed E-state index contributed by atoms with van der Waals surface area (Å²) in [4.78, 5) is 13.7. The smallest absolute Gasteiger partial charge is 0.243 e. The Morgan fingerprint density at radius 1 is 1.17 bits per heavy atom. The Kier molecular flexibility index (Phi) is 6.60. The van der Waals surface area contributed by atoms with Crippen LogP contribution in [0.15, 0.2) is 23.1 Å². The van der Waals surface area contributed by atoms with Crippen LogP contribution in [0.2, 0.25) is 0 Å². The van der Waals surface area contributed by atoms with Crippen molar-refractivity contribution >= 4 is 15.9 Å². The van der Waals surface area contributed by atoms with E-state index >= 15 is 0 Å². The number of sulfonamides is 1. The van der Waals surface area contributed by atoms with Crippen molar-refractivity contribution in [3.05, 3.63) is 29.8 Å². The first-order chi connectivity index (χ1) is 13.6. The largest absolute Gasteiger partial charge is 0.396 e. The number of benzene rings is 1. The first-order valence-corrected chi connectivity index (χ1v) is 11.4. The van der Waals surface area contributed by atoms with E-state index in [1.165, 1.54) is 4.31 Å². The standard InChI is InChI=1S/C20H28F2N2O4S/c1-13(2)20(26)23-7-5-14(6-8-23)17-11-24(10-15(17)12-25)29(27,28)16-3-4-18(21)19(22)9-16/h3-4,9,13-15,17,25H,5-8,10-12H2,1-2H3/t15-,17-/m0/s1. The van der Waals surface area contributed by atoms with Crippen LogP contribution in [0.5, 0.6) is 0 Å². The lowest BCUT2D eigenvalue weighted by Crippen LogP contribution is -2.43. The van der Waals surface area contributed by atoms with Crippen LogP contribution < -0.4 is 0 Å². The topological polar surface area (TPSA) is 77.9 Å². The van der Waals surface area contributed by atoms with Gasteiger partial charge in [0.05, 0.1) is 4.90 Å². The van der Waals surface area contributed by atoms with Crippen molar-refractivity contribution in [2.75, 3.05) is 32.8 Å². The fourth-order valence-electron chi connectivity index (χ4n) is 4.48. The molecule has 0 bridgehead atoms. The molecule has 29 heavy (non-hydrogen) atoms. The quantitative estimate of drug-likeness (QED) is 0.776. The van der Waals surface area contributed by atoms with Gasteiger partial charge in [0.25, 0.3) is 0 Å². The summed E-state index contributed by atoms with van der Waals surface area (Å²) in [6, 6.07) is 2.56. The molecule has 6 nitrogen and oxygen atoms in total. The SMILES string of the molecule is CC(C)C(=O)N1CCC([C@@H]2CN(S(=O)(=O)c3ccc(F)c(F)c3)C[C@H]2CO)CC1. The molecule has 9 heteroatoms. The third kappa shape index (κ3) is 4.46. The number of rotatable bonds is 5. The molecule has 0 unspecified atom stereocenters. The van der Waals surface area contributed by atoms with Gasteiger partial charge in [0.1, 0.15) is 0 Å². The summed E-state index contributed by atoms with van der Waals surface area (Å²) in [7, 11) is -3.98. The normalized spacial score (nSPS) is 24.4. The molecular weight excluding hydrogens is 402 g/mol. The van der Waals surface area contributed by atoms with E-state index in [0.717, 1.165) is 25.0 Å². The molecule has 2 saturated heterocycles. The van der Waals surface area contributed by atoms with Crippen molar-refractivity contribution in [3.63, 3.8) is 0 Å². The van der Waals surface area contributed by atoms with Crippen LogP contribution in [0, 0.1) is 35.3 Å². The van der Waals surface area contributed by atoms with Gasteiger partial charge in [-0.3, -0.25) is 4.79 Å². The number of piperidine rings is 1. The molecule has 1 N–H and O–H groups in total. The summed E-state index contributed by atoms with van der Waals surface area (Å²) < 4.78 is 53.8. The molecule has 1 aromatic rings. The van der Waals surface area contributed by atoms with E-state index in [4.69, 9.17) is 0 Å². The summed E-state index contributed by atoms with van der Waals surface area (Å²) in [5, 5.41) is 9.82. The highest BCUT2D eigenvalue weighted by atomic mass is 32.2.